The van der Waals surface area contributed by atoms with Crippen LogP contribution in [0, 0.1) is 18.6 Å². The minimum atomic E-state index is -0.763. The summed E-state index contributed by atoms with van der Waals surface area (Å²) < 4.78 is 33.6. The number of thiophene rings is 1. The molecule has 3 rings (SSSR count). The molecule has 3 aromatic rings. The number of hydrogen-bond donors (Lipinski definition) is 1. The number of halogens is 2. The molecule has 0 fully saturated rings. The van der Waals surface area contributed by atoms with Gasteiger partial charge in [-0.25, -0.2) is 13.5 Å². The smallest absolute Gasteiger partial charge is 0.266 e. The summed E-state index contributed by atoms with van der Waals surface area (Å²) in [6, 6.07) is 6.75. The van der Waals surface area contributed by atoms with Crippen molar-refractivity contribution in [2.45, 2.75) is 33.4 Å². The average Bonchev–Trinajstić information content (AvgIpc) is 3.21. The summed E-state index contributed by atoms with van der Waals surface area (Å²) in [6.07, 6.45) is 0. The number of ether oxygens (including phenoxy) is 1. The van der Waals surface area contributed by atoms with Crippen LogP contribution in [0.1, 0.15) is 40.8 Å². The Morgan fingerprint density at radius 1 is 1.30 bits per heavy atom. The SMILES string of the molecule is Cc1cc(NC(=O)c2cc(COc3ccc(F)cc3F)cs2)n(C(C)C)n1. The van der Waals surface area contributed by atoms with Crippen LogP contribution in [0.4, 0.5) is 14.6 Å². The summed E-state index contributed by atoms with van der Waals surface area (Å²) in [6.45, 7) is 5.91. The summed E-state index contributed by atoms with van der Waals surface area (Å²) in [5, 5.41) is 8.99. The lowest BCUT2D eigenvalue weighted by molar-refractivity contribution is 0.102. The van der Waals surface area contributed by atoms with E-state index in [4.69, 9.17) is 4.74 Å². The molecule has 0 saturated carbocycles. The largest absolute Gasteiger partial charge is 0.486 e. The van der Waals surface area contributed by atoms with Gasteiger partial charge in [-0.15, -0.1) is 11.3 Å². The minimum Gasteiger partial charge on any atom is -0.486 e. The third-order valence-electron chi connectivity index (χ3n) is 3.75. The lowest BCUT2D eigenvalue weighted by Gasteiger charge is -2.11. The lowest BCUT2D eigenvalue weighted by Crippen LogP contribution is -2.15. The third kappa shape index (κ3) is 4.51. The molecule has 2 heterocycles. The van der Waals surface area contributed by atoms with E-state index < -0.39 is 11.6 Å². The molecule has 0 bridgehead atoms. The maximum Gasteiger partial charge on any atom is 0.266 e. The number of carbonyl (C=O) groups excluding carboxylic acids is 1. The fraction of sp³-hybridized carbons (Fsp3) is 0.263. The number of carbonyl (C=O) groups is 1. The quantitative estimate of drug-likeness (QED) is 0.647. The van der Waals surface area contributed by atoms with Gasteiger partial charge < -0.3 is 10.1 Å². The fourth-order valence-corrected chi connectivity index (χ4v) is 3.30. The van der Waals surface area contributed by atoms with E-state index in [1.54, 1.807) is 16.1 Å². The highest BCUT2D eigenvalue weighted by Gasteiger charge is 2.15. The number of nitrogens with one attached hydrogen (secondary N) is 1. The number of aromatic nitrogens is 2. The Balaban J connectivity index is 1.65. The van der Waals surface area contributed by atoms with Crippen molar-refractivity contribution in [2.75, 3.05) is 5.32 Å². The Morgan fingerprint density at radius 2 is 2.07 bits per heavy atom. The van der Waals surface area contributed by atoms with Crippen LogP contribution in [0.5, 0.6) is 5.75 Å². The number of amides is 1. The zero-order valence-corrected chi connectivity index (χ0v) is 15.9. The second-order valence-corrected chi connectivity index (χ2v) is 7.26. The Bertz CT molecular complexity index is 966. The van der Waals surface area contributed by atoms with E-state index in [-0.39, 0.29) is 24.3 Å². The zero-order chi connectivity index (χ0) is 19.6. The van der Waals surface area contributed by atoms with Crippen LogP contribution in [0.15, 0.2) is 35.7 Å². The standard InChI is InChI=1S/C19H19F2N3O2S/c1-11(2)24-18(6-12(3)23-24)22-19(25)17-7-13(10-27-17)9-26-16-5-4-14(20)8-15(16)21/h4-8,10-11H,9H2,1-3H3,(H,22,25). The molecule has 0 atom stereocenters. The number of rotatable bonds is 6. The van der Waals surface area contributed by atoms with E-state index in [1.165, 1.54) is 17.4 Å². The zero-order valence-electron chi connectivity index (χ0n) is 15.1. The first kappa shape index (κ1) is 19.0. The van der Waals surface area contributed by atoms with Crippen LogP contribution in [0.25, 0.3) is 0 Å². The van der Waals surface area contributed by atoms with Gasteiger partial charge in [0.1, 0.15) is 18.2 Å². The highest BCUT2D eigenvalue weighted by atomic mass is 32.1. The Kier molecular flexibility index (Phi) is 5.55. The van der Waals surface area contributed by atoms with Crippen LogP contribution in [-0.4, -0.2) is 15.7 Å². The Labute approximate surface area is 159 Å². The van der Waals surface area contributed by atoms with Crippen molar-refractivity contribution in [1.29, 1.82) is 0 Å². The molecule has 0 aliphatic heterocycles. The summed E-state index contributed by atoms with van der Waals surface area (Å²) in [7, 11) is 0. The normalized spacial score (nSPS) is 11.0. The molecule has 0 radical (unpaired) electrons. The molecule has 0 aliphatic carbocycles. The molecule has 2 aromatic heterocycles. The molecule has 0 aliphatic rings. The first-order valence-electron chi connectivity index (χ1n) is 8.36. The average molecular weight is 391 g/mol. The second kappa shape index (κ2) is 7.87. The maximum atomic E-state index is 13.6. The van der Waals surface area contributed by atoms with Crippen LogP contribution in [0.2, 0.25) is 0 Å². The summed E-state index contributed by atoms with van der Waals surface area (Å²) in [4.78, 5) is 13.0. The number of benzene rings is 1. The lowest BCUT2D eigenvalue weighted by atomic mass is 10.3. The van der Waals surface area contributed by atoms with E-state index >= 15 is 0 Å². The van der Waals surface area contributed by atoms with Crippen molar-refractivity contribution in [1.82, 2.24) is 9.78 Å². The first-order valence-corrected chi connectivity index (χ1v) is 9.24. The van der Waals surface area contributed by atoms with Gasteiger partial charge in [0, 0.05) is 23.7 Å². The van der Waals surface area contributed by atoms with Crippen molar-refractivity contribution >= 4 is 23.1 Å². The summed E-state index contributed by atoms with van der Waals surface area (Å²) in [5.41, 5.74) is 1.54. The van der Waals surface area contributed by atoms with E-state index in [0.29, 0.717) is 10.7 Å². The summed E-state index contributed by atoms with van der Waals surface area (Å²) >= 11 is 1.26. The molecule has 5 nitrogen and oxygen atoms in total. The molecule has 1 N–H and O–H groups in total. The number of hydrogen-bond acceptors (Lipinski definition) is 4. The molecular weight excluding hydrogens is 372 g/mol. The van der Waals surface area contributed by atoms with Gasteiger partial charge in [-0.05, 0) is 44.4 Å². The maximum absolute atomic E-state index is 13.6. The molecule has 0 unspecified atom stereocenters. The predicted octanol–water partition coefficient (Wildman–Crippen LogP) is 4.94. The Morgan fingerprint density at radius 3 is 2.78 bits per heavy atom. The van der Waals surface area contributed by atoms with Gasteiger partial charge in [0.25, 0.3) is 5.91 Å². The van der Waals surface area contributed by atoms with Gasteiger partial charge in [0.05, 0.1) is 10.6 Å². The van der Waals surface area contributed by atoms with Crippen molar-refractivity contribution < 1.29 is 18.3 Å². The van der Waals surface area contributed by atoms with Gasteiger partial charge in [0.15, 0.2) is 11.6 Å². The van der Waals surface area contributed by atoms with Crippen LogP contribution in [0.3, 0.4) is 0 Å². The van der Waals surface area contributed by atoms with Gasteiger partial charge in [0.2, 0.25) is 0 Å². The highest BCUT2D eigenvalue weighted by molar-refractivity contribution is 7.12. The van der Waals surface area contributed by atoms with Crippen LogP contribution < -0.4 is 10.1 Å². The van der Waals surface area contributed by atoms with Crippen molar-refractivity contribution in [3.63, 3.8) is 0 Å². The van der Waals surface area contributed by atoms with Gasteiger partial charge in [-0.3, -0.25) is 4.79 Å². The van der Waals surface area contributed by atoms with Gasteiger partial charge >= 0.3 is 0 Å². The number of aryl methyl sites for hydroxylation is 1. The summed E-state index contributed by atoms with van der Waals surface area (Å²) in [5.74, 6) is -1.08. The van der Waals surface area contributed by atoms with E-state index in [1.807, 2.05) is 26.8 Å². The number of anilines is 1. The van der Waals surface area contributed by atoms with Gasteiger partial charge in [-0.2, -0.15) is 5.10 Å². The number of nitrogens with zero attached hydrogens (tertiary/aromatic N) is 2. The third-order valence-corrected chi connectivity index (χ3v) is 4.73. The Hall–Kier alpha value is -2.74. The molecule has 0 spiro atoms. The van der Waals surface area contributed by atoms with Crippen LogP contribution >= 0.6 is 11.3 Å². The van der Waals surface area contributed by atoms with Crippen molar-refractivity contribution in [2.24, 2.45) is 0 Å². The van der Waals surface area contributed by atoms with Gasteiger partial charge in [-0.1, -0.05) is 0 Å². The topological polar surface area (TPSA) is 56.1 Å². The molecule has 1 aromatic carbocycles. The monoisotopic (exact) mass is 391 g/mol. The van der Waals surface area contributed by atoms with E-state index in [9.17, 15) is 13.6 Å². The minimum absolute atomic E-state index is 0.0371. The van der Waals surface area contributed by atoms with E-state index in [0.717, 1.165) is 23.4 Å². The van der Waals surface area contributed by atoms with Crippen LogP contribution in [-0.2, 0) is 6.61 Å². The molecule has 142 valence electrons. The predicted molar refractivity (Wildman–Crippen MR) is 100 cm³/mol. The highest BCUT2D eigenvalue weighted by Crippen LogP contribution is 2.23. The molecule has 27 heavy (non-hydrogen) atoms. The molecular formula is C19H19F2N3O2S. The second-order valence-electron chi connectivity index (χ2n) is 6.35. The molecule has 0 saturated heterocycles. The molecule has 8 heteroatoms. The fourth-order valence-electron chi connectivity index (χ4n) is 2.51. The van der Waals surface area contributed by atoms with Crippen molar-refractivity contribution in [3.8, 4) is 5.75 Å². The van der Waals surface area contributed by atoms with E-state index in [2.05, 4.69) is 10.4 Å². The van der Waals surface area contributed by atoms with Crippen molar-refractivity contribution in [3.05, 3.63) is 63.5 Å². The first-order chi connectivity index (χ1) is 12.8. The molecule has 1 amide bonds.